The van der Waals surface area contributed by atoms with E-state index in [9.17, 15) is 14.0 Å². The fourth-order valence-electron chi connectivity index (χ4n) is 2.38. The van der Waals surface area contributed by atoms with E-state index in [2.05, 4.69) is 0 Å². The predicted octanol–water partition coefficient (Wildman–Crippen LogP) is 2.96. The van der Waals surface area contributed by atoms with Crippen molar-refractivity contribution < 1.29 is 19.1 Å². The number of carboxylic acids is 1. The molecule has 22 heavy (non-hydrogen) atoms. The van der Waals surface area contributed by atoms with Crippen LogP contribution in [0.5, 0.6) is 0 Å². The van der Waals surface area contributed by atoms with E-state index in [0.29, 0.717) is 13.0 Å². The van der Waals surface area contributed by atoms with Gasteiger partial charge in [0.25, 0.3) is 0 Å². The molecule has 0 radical (unpaired) electrons. The second-order valence-corrected chi connectivity index (χ2v) is 6.06. The molecule has 5 heteroatoms. The summed E-state index contributed by atoms with van der Waals surface area (Å²) in [5.41, 5.74) is 0.767. The molecule has 0 bridgehead atoms. The van der Waals surface area contributed by atoms with Crippen LogP contribution in [-0.2, 0) is 16.0 Å². The molecule has 0 fully saturated rings. The van der Waals surface area contributed by atoms with Gasteiger partial charge in [-0.3, -0.25) is 9.59 Å². The molecule has 0 aliphatic rings. The van der Waals surface area contributed by atoms with Crippen molar-refractivity contribution in [3.8, 4) is 0 Å². The number of rotatable bonds is 8. The highest BCUT2D eigenvalue weighted by atomic mass is 19.1. The maximum absolute atomic E-state index is 13.2. The Morgan fingerprint density at radius 1 is 1.27 bits per heavy atom. The molecule has 0 spiro atoms. The highest BCUT2D eigenvalue weighted by Crippen LogP contribution is 2.14. The fourth-order valence-corrected chi connectivity index (χ4v) is 2.38. The molecule has 1 atom stereocenters. The predicted molar refractivity (Wildman–Crippen MR) is 82.9 cm³/mol. The van der Waals surface area contributed by atoms with Crippen molar-refractivity contribution in [2.75, 3.05) is 13.1 Å². The van der Waals surface area contributed by atoms with E-state index in [0.717, 1.165) is 5.56 Å². The van der Waals surface area contributed by atoms with Gasteiger partial charge in [0.05, 0.1) is 6.42 Å². The summed E-state index contributed by atoms with van der Waals surface area (Å²) in [4.78, 5) is 24.9. The van der Waals surface area contributed by atoms with Gasteiger partial charge < -0.3 is 10.0 Å². The monoisotopic (exact) mass is 309 g/mol. The van der Waals surface area contributed by atoms with Gasteiger partial charge in [0.15, 0.2) is 0 Å². The van der Waals surface area contributed by atoms with E-state index in [1.165, 1.54) is 12.1 Å². The Bertz CT molecular complexity index is 516. The van der Waals surface area contributed by atoms with Crippen LogP contribution in [0.1, 0.15) is 32.8 Å². The van der Waals surface area contributed by atoms with Crippen molar-refractivity contribution in [3.63, 3.8) is 0 Å². The number of hydrogen-bond donors (Lipinski definition) is 1. The molecular formula is C17H24FNO3. The highest BCUT2D eigenvalue weighted by Gasteiger charge is 2.22. The molecule has 1 N–H and O–H groups in total. The van der Waals surface area contributed by atoms with E-state index in [1.54, 1.807) is 24.0 Å². The van der Waals surface area contributed by atoms with Gasteiger partial charge in [-0.05, 0) is 30.0 Å². The molecule has 4 nitrogen and oxygen atoms in total. The molecule has 0 aromatic heterocycles. The molecule has 1 aromatic rings. The number of hydrogen-bond acceptors (Lipinski definition) is 2. The molecule has 1 rings (SSSR count). The van der Waals surface area contributed by atoms with Crippen molar-refractivity contribution in [1.29, 1.82) is 0 Å². The molecular weight excluding hydrogens is 285 g/mol. The summed E-state index contributed by atoms with van der Waals surface area (Å²) in [6.45, 7) is 6.50. The molecule has 0 heterocycles. The number of carbonyl (C=O) groups excluding carboxylic acids is 1. The van der Waals surface area contributed by atoms with Crippen LogP contribution in [-0.4, -0.2) is 35.0 Å². The van der Waals surface area contributed by atoms with Crippen LogP contribution in [0, 0.1) is 17.7 Å². The third-order valence-corrected chi connectivity index (χ3v) is 3.35. The topological polar surface area (TPSA) is 57.6 Å². The summed E-state index contributed by atoms with van der Waals surface area (Å²) in [6, 6.07) is 6.21. The van der Waals surface area contributed by atoms with Gasteiger partial charge in [-0.1, -0.05) is 32.9 Å². The molecule has 0 saturated heterocycles. The van der Waals surface area contributed by atoms with Gasteiger partial charge in [0, 0.05) is 19.0 Å². The van der Waals surface area contributed by atoms with Crippen molar-refractivity contribution in [2.45, 2.75) is 33.6 Å². The van der Waals surface area contributed by atoms with Crippen LogP contribution in [0.15, 0.2) is 24.3 Å². The SMILES string of the molecule is CC(C)CN(CCC(=O)O)C(=O)C(C)Cc1cccc(F)c1. The second kappa shape index (κ2) is 8.51. The maximum Gasteiger partial charge on any atom is 0.305 e. The molecule has 1 unspecified atom stereocenters. The van der Waals surface area contributed by atoms with Crippen LogP contribution >= 0.6 is 0 Å². The lowest BCUT2D eigenvalue weighted by molar-refractivity contribution is -0.139. The molecule has 1 amide bonds. The minimum atomic E-state index is -0.917. The third-order valence-electron chi connectivity index (χ3n) is 3.35. The van der Waals surface area contributed by atoms with E-state index in [-0.39, 0.29) is 36.5 Å². The standard InChI is InChI=1S/C17H24FNO3/c1-12(2)11-19(8-7-16(20)21)17(22)13(3)9-14-5-4-6-15(18)10-14/h4-6,10,12-13H,7-9,11H2,1-3H3,(H,20,21). The number of halogens is 1. The lowest BCUT2D eigenvalue weighted by Crippen LogP contribution is -2.39. The molecule has 1 aromatic carbocycles. The Morgan fingerprint density at radius 3 is 2.50 bits per heavy atom. The molecule has 0 aliphatic carbocycles. The fraction of sp³-hybridized carbons (Fsp3) is 0.529. The van der Waals surface area contributed by atoms with Crippen LogP contribution in [0.25, 0.3) is 0 Å². The van der Waals surface area contributed by atoms with E-state index >= 15 is 0 Å². The smallest absolute Gasteiger partial charge is 0.305 e. The maximum atomic E-state index is 13.2. The van der Waals surface area contributed by atoms with Gasteiger partial charge in [-0.25, -0.2) is 4.39 Å². The zero-order valence-corrected chi connectivity index (χ0v) is 13.4. The minimum absolute atomic E-state index is 0.0643. The Kier molecular flexibility index (Phi) is 7.02. The third kappa shape index (κ3) is 6.24. The summed E-state index contributed by atoms with van der Waals surface area (Å²) in [7, 11) is 0. The number of nitrogens with zero attached hydrogens (tertiary/aromatic N) is 1. The average Bonchev–Trinajstić information content (AvgIpc) is 2.42. The number of benzene rings is 1. The van der Waals surface area contributed by atoms with Gasteiger partial charge in [0.2, 0.25) is 5.91 Å². The largest absolute Gasteiger partial charge is 0.481 e. The van der Waals surface area contributed by atoms with E-state index < -0.39 is 5.97 Å². The summed E-state index contributed by atoms with van der Waals surface area (Å²) in [5, 5.41) is 8.80. The number of carboxylic acid groups (broad SMARTS) is 1. The number of carbonyl (C=O) groups is 2. The van der Waals surface area contributed by atoms with Crippen molar-refractivity contribution >= 4 is 11.9 Å². The van der Waals surface area contributed by atoms with Crippen LogP contribution in [0.3, 0.4) is 0 Å². The van der Waals surface area contributed by atoms with Crippen LogP contribution in [0.4, 0.5) is 4.39 Å². The quantitative estimate of drug-likeness (QED) is 0.803. The summed E-state index contributed by atoms with van der Waals surface area (Å²) in [6.07, 6.45) is 0.378. The lowest BCUT2D eigenvalue weighted by atomic mass is 9.99. The Morgan fingerprint density at radius 2 is 1.95 bits per heavy atom. The van der Waals surface area contributed by atoms with Gasteiger partial charge in [-0.15, -0.1) is 0 Å². The Hall–Kier alpha value is -1.91. The second-order valence-electron chi connectivity index (χ2n) is 6.06. The minimum Gasteiger partial charge on any atom is -0.481 e. The van der Waals surface area contributed by atoms with Gasteiger partial charge in [-0.2, -0.15) is 0 Å². The van der Waals surface area contributed by atoms with Gasteiger partial charge in [0.1, 0.15) is 5.82 Å². The van der Waals surface area contributed by atoms with Crippen molar-refractivity contribution in [3.05, 3.63) is 35.6 Å². The van der Waals surface area contributed by atoms with Gasteiger partial charge >= 0.3 is 5.97 Å². The van der Waals surface area contributed by atoms with Crippen LogP contribution in [0.2, 0.25) is 0 Å². The number of aliphatic carboxylic acids is 1. The average molecular weight is 309 g/mol. The normalized spacial score (nSPS) is 12.2. The van der Waals surface area contributed by atoms with E-state index in [4.69, 9.17) is 5.11 Å². The molecule has 0 saturated carbocycles. The van der Waals surface area contributed by atoms with Crippen molar-refractivity contribution in [1.82, 2.24) is 4.90 Å². The first kappa shape index (κ1) is 18.1. The van der Waals surface area contributed by atoms with E-state index in [1.807, 2.05) is 13.8 Å². The summed E-state index contributed by atoms with van der Waals surface area (Å²) >= 11 is 0. The van der Waals surface area contributed by atoms with Crippen LogP contribution < -0.4 is 0 Å². The number of amides is 1. The zero-order valence-electron chi connectivity index (χ0n) is 13.4. The Labute approximate surface area is 130 Å². The molecule has 122 valence electrons. The molecule has 0 aliphatic heterocycles. The first-order chi connectivity index (χ1) is 10.3. The van der Waals surface area contributed by atoms with Crippen molar-refractivity contribution in [2.24, 2.45) is 11.8 Å². The first-order valence-corrected chi connectivity index (χ1v) is 7.54. The first-order valence-electron chi connectivity index (χ1n) is 7.54. The highest BCUT2D eigenvalue weighted by molar-refractivity contribution is 5.79. The summed E-state index contributed by atoms with van der Waals surface area (Å²) < 4.78 is 13.2. The zero-order chi connectivity index (χ0) is 16.7. The Balaban J connectivity index is 2.71. The lowest BCUT2D eigenvalue weighted by Gasteiger charge is -2.27. The summed E-state index contributed by atoms with van der Waals surface area (Å²) in [5.74, 6) is -1.37.